The van der Waals surface area contributed by atoms with E-state index >= 15 is 0 Å². The van der Waals surface area contributed by atoms with Gasteiger partial charge in [0.15, 0.2) is 6.10 Å². The average Bonchev–Trinajstić information content (AvgIpc) is 3.41. The molecule has 0 unspecified atom stereocenters. The average molecular weight is 464 g/mol. The van der Waals surface area contributed by atoms with Crippen molar-refractivity contribution in [3.63, 3.8) is 0 Å². The van der Waals surface area contributed by atoms with E-state index in [1.54, 1.807) is 12.1 Å². The normalized spacial score (nSPS) is 18.7. The first kappa shape index (κ1) is 21.8. The molecule has 0 saturated heterocycles. The lowest BCUT2D eigenvalue weighted by atomic mass is 10.0. The van der Waals surface area contributed by atoms with E-state index in [9.17, 15) is 24.9 Å². The van der Waals surface area contributed by atoms with Crippen LogP contribution >= 0.6 is 22.9 Å². The lowest BCUT2D eigenvalue weighted by Crippen LogP contribution is -2.50. The second kappa shape index (κ2) is 8.97. The van der Waals surface area contributed by atoms with Crippen LogP contribution in [0.3, 0.4) is 0 Å². The topological polar surface area (TPSA) is 126 Å². The molecule has 0 spiro atoms. The largest absolute Gasteiger partial charge is 0.395 e. The predicted octanol–water partition coefficient (Wildman–Crippen LogP) is 1.45. The number of aromatic nitrogens is 1. The van der Waals surface area contributed by atoms with Crippen molar-refractivity contribution in [2.24, 2.45) is 0 Å². The smallest absolute Gasteiger partial charge is 0.268 e. The molecule has 5 N–H and O–H groups in total. The van der Waals surface area contributed by atoms with Gasteiger partial charge in [-0.25, -0.2) is 0 Å². The number of fused-ring (bicyclic) bond motifs is 2. The summed E-state index contributed by atoms with van der Waals surface area (Å²) in [7, 11) is 0. The summed E-state index contributed by atoms with van der Waals surface area (Å²) in [5.41, 5.74) is 2.17. The Hall–Kier alpha value is -2.43. The molecule has 0 radical (unpaired) electrons. The second-order valence-electron chi connectivity index (χ2n) is 7.40. The summed E-state index contributed by atoms with van der Waals surface area (Å²) in [5, 5.41) is 32.5. The van der Waals surface area contributed by atoms with Crippen LogP contribution in [0.1, 0.15) is 27.7 Å². The summed E-state index contributed by atoms with van der Waals surface area (Å²) in [6, 6.07) is 9.93. The van der Waals surface area contributed by atoms with E-state index in [1.807, 2.05) is 24.3 Å². The van der Waals surface area contributed by atoms with Crippen LogP contribution in [0.15, 0.2) is 36.4 Å². The van der Waals surface area contributed by atoms with Crippen molar-refractivity contribution >= 4 is 45.0 Å². The third-order valence-electron chi connectivity index (χ3n) is 5.45. The molecule has 10 heteroatoms. The number of aliphatic hydroxyl groups excluding tert-OH is 3. The van der Waals surface area contributed by atoms with Crippen LogP contribution in [0.4, 0.5) is 0 Å². The zero-order chi connectivity index (χ0) is 22.1. The van der Waals surface area contributed by atoms with Gasteiger partial charge in [-0.15, -0.1) is 11.3 Å². The van der Waals surface area contributed by atoms with Crippen LogP contribution < -0.4 is 5.32 Å². The van der Waals surface area contributed by atoms with Crippen LogP contribution in [-0.4, -0.2) is 68.9 Å². The fourth-order valence-corrected chi connectivity index (χ4v) is 5.24. The van der Waals surface area contributed by atoms with Gasteiger partial charge in [0.05, 0.1) is 29.6 Å². The third kappa shape index (κ3) is 4.19. The maximum atomic E-state index is 13.0. The first-order valence-electron chi connectivity index (χ1n) is 9.80. The molecule has 8 nitrogen and oxygen atoms in total. The van der Waals surface area contributed by atoms with Crippen molar-refractivity contribution in [2.75, 3.05) is 19.8 Å². The number of hydrogen-bond acceptors (Lipinski definition) is 6. The van der Waals surface area contributed by atoms with Crippen LogP contribution in [-0.2, 0) is 11.2 Å². The lowest BCUT2D eigenvalue weighted by molar-refractivity contribution is -0.145. The van der Waals surface area contributed by atoms with Crippen molar-refractivity contribution in [2.45, 2.75) is 24.6 Å². The predicted molar refractivity (Wildman–Crippen MR) is 117 cm³/mol. The summed E-state index contributed by atoms with van der Waals surface area (Å²) in [5.74, 6) is -1.03. The monoisotopic (exact) mass is 463 g/mol. The Morgan fingerprint density at radius 2 is 2.06 bits per heavy atom. The van der Waals surface area contributed by atoms with Crippen molar-refractivity contribution in [1.29, 1.82) is 0 Å². The molecule has 1 aliphatic rings. The number of nitrogens with one attached hydrogen (secondary N) is 2. The quantitative estimate of drug-likeness (QED) is 0.362. The van der Waals surface area contributed by atoms with Gasteiger partial charge in [-0.1, -0.05) is 35.9 Å². The maximum Gasteiger partial charge on any atom is 0.268 e. The SMILES string of the molecule is O=C(N[C@@H]1Cc2ccccc2[C@@H]1N(CCO)C(=O)[C@H](O)CO)c1cc2cc(Cl)sc2[nH]1. The van der Waals surface area contributed by atoms with Crippen LogP contribution in [0.2, 0.25) is 4.34 Å². The van der Waals surface area contributed by atoms with Crippen LogP contribution in [0, 0.1) is 0 Å². The molecule has 2 aromatic heterocycles. The van der Waals surface area contributed by atoms with Gasteiger partial charge in [0.1, 0.15) is 10.5 Å². The van der Waals surface area contributed by atoms with Gasteiger partial charge in [0.2, 0.25) is 0 Å². The molecule has 3 atom stereocenters. The number of rotatable bonds is 7. The highest BCUT2D eigenvalue weighted by Crippen LogP contribution is 2.37. The van der Waals surface area contributed by atoms with Gasteiger partial charge in [-0.2, -0.15) is 0 Å². The second-order valence-corrected chi connectivity index (χ2v) is 9.08. The maximum absolute atomic E-state index is 13.0. The highest BCUT2D eigenvalue weighted by atomic mass is 35.5. The van der Waals surface area contributed by atoms with E-state index in [2.05, 4.69) is 10.3 Å². The van der Waals surface area contributed by atoms with Crippen LogP contribution in [0.25, 0.3) is 10.2 Å². The van der Waals surface area contributed by atoms with E-state index in [4.69, 9.17) is 11.6 Å². The summed E-state index contributed by atoms with van der Waals surface area (Å²) in [4.78, 5) is 30.9. The molecule has 1 aromatic carbocycles. The Kier molecular flexibility index (Phi) is 6.31. The number of benzene rings is 1. The first-order valence-corrected chi connectivity index (χ1v) is 11.0. The number of carbonyl (C=O) groups excluding carboxylic acids is 2. The fraction of sp³-hybridized carbons (Fsp3) is 0.333. The molecule has 0 fully saturated rings. The zero-order valence-corrected chi connectivity index (χ0v) is 18.0. The summed E-state index contributed by atoms with van der Waals surface area (Å²) >= 11 is 7.34. The van der Waals surface area contributed by atoms with Crippen molar-refractivity contribution in [1.82, 2.24) is 15.2 Å². The molecule has 2 amide bonds. The molecule has 0 bridgehead atoms. The summed E-state index contributed by atoms with van der Waals surface area (Å²) < 4.78 is 0.625. The standard InChI is InChI=1S/C21H22ClN3O5S/c22-17-9-12-8-15(24-20(12)31-17)19(29)23-14-7-11-3-1-2-4-13(11)18(14)25(5-6-26)21(30)16(28)10-27/h1-4,8-9,14,16,18,24,26-28H,5-7,10H2,(H,23,29)/t14-,16-,18+/m1/s1. The number of hydrogen-bond donors (Lipinski definition) is 5. The van der Waals surface area contributed by atoms with Crippen LogP contribution in [0.5, 0.6) is 0 Å². The van der Waals surface area contributed by atoms with Gasteiger partial charge in [0.25, 0.3) is 11.8 Å². The van der Waals surface area contributed by atoms with Crippen molar-refractivity contribution in [3.05, 3.63) is 57.6 Å². The highest BCUT2D eigenvalue weighted by molar-refractivity contribution is 7.22. The molecular formula is C21H22ClN3O5S. The zero-order valence-electron chi connectivity index (χ0n) is 16.4. The molecule has 31 heavy (non-hydrogen) atoms. The molecular weight excluding hydrogens is 442 g/mol. The summed E-state index contributed by atoms with van der Waals surface area (Å²) in [6.45, 7) is -1.09. The Balaban J connectivity index is 1.63. The minimum atomic E-state index is -1.60. The van der Waals surface area contributed by atoms with Gasteiger partial charge in [0, 0.05) is 11.9 Å². The molecule has 0 saturated carbocycles. The Morgan fingerprint density at radius 3 is 2.77 bits per heavy atom. The number of amides is 2. The Labute approximate surface area is 187 Å². The van der Waals surface area contributed by atoms with Gasteiger partial charge in [-0.05, 0) is 29.7 Å². The first-order chi connectivity index (χ1) is 14.9. The fourth-order valence-electron chi connectivity index (χ4n) is 4.11. The number of aliphatic hydroxyl groups is 3. The van der Waals surface area contributed by atoms with Gasteiger partial charge in [-0.3, -0.25) is 9.59 Å². The van der Waals surface area contributed by atoms with Crippen molar-refractivity contribution < 1.29 is 24.9 Å². The van der Waals surface area contributed by atoms with Crippen molar-refractivity contribution in [3.8, 4) is 0 Å². The number of nitrogens with zero attached hydrogens (tertiary/aromatic N) is 1. The number of H-pyrrole nitrogens is 1. The molecule has 3 aromatic rings. The van der Waals surface area contributed by atoms with E-state index in [0.29, 0.717) is 16.5 Å². The highest BCUT2D eigenvalue weighted by Gasteiger charge is 2.40. The van der Waals surface area contributed by atoms with E-state index in [-0.39, 0.29) is 19.1 Å². The lowest BCUT2D eigenvalue weighted by Gasteiger charge is -2.34. The molecule has 2 heterocycles. The summed E-state index contributed by atoms with van der Waals surface area (Å²) in [6.07, 6.45) is -1.12. The van der Waals surface area contributed by atoms with E-state index in [1.165, 1.54) is 16.2 Å². The van der Waals surface area contributed by atoms with Gasteiger partial charge < -0.3 is 30.5 Å². The Bertz CT molecular complexity index is 1080. The minimum absolute atomic E-state index is 0.0437. The molecule has 0 aliphatic heterocycles. The number of carbonyl (C=O) groups is 2. The molecule has 4 rings (SSSR count). The van der Waals surface area contributed by atoms with Gasteiger partial charge >= 0.3 is 0 Å². The third-order valence-corrected chi connectivity index (χ3v) is 6.65. The minimum Gasteiger partial charge on any atom is -0.395 e. The number of aromatic amines is 1. The number of halogens is 1. The molecule has 164 valence electrons. The van der Waals surface area contributed by atoms with E-state index < -0.39 is 30.7 Å². The Morgan fingerprint density at radius 1 is 1.29 bits per heavy atom. The molecule has 1 aliphatic carbocycles. The van der Waals surface area contributed by atoms with E-state index in [0.717, 1.165) is 21.3 Å². The number of thiophene rings is 1.